The zero-order valence-corrected chi connectivity index (χ0v) is 11.2. The maximum atomic E-state index is 11.7. The van der Waals surface area contributed by atoms with Crippen molar-refractivity contribution in [1.29, 1.82) is 0 Å². The van der Waals surface area contributed by atoms with Gasteiger partial charge in [-0.2, -0.15) is 0 Å². The molecule has 1 rings (SSSR count). The molecular formula is C13H20O3S. The molecule has 0 saturated heterocycles. The van der Waals surface area contributed by atoms with Crippen molar-refractivity contribution in [2.24, 2.45) is 0 Å². The Kier molecular flexibility index (Phi) is 4.71. The molecule has 1 N–H and O–H groups in total. The van der Waals surface area contributed by atoms with Crippen molar-refractivity contribution in [3.8, 4) is 0 Å². The molecule has 0 aromatic heterocycles. The number of benzene rings is 1. The third-order valence-corrected chi connectivity index (χ3v) is 4.39. The zero-order valence-electron chi connectivity index (χ0n) is 10.4. The van der Waals surface area contributed by atoms with Gasteiger partial charge < -0.3 is 5.11 Å². The molecule has 96 valence electrons. The lowest BCUT2D eigenvalue weighted by Crippen LogP contribution is -2.31. The van der Waals surface area contributed by atoms with Gasteiger partial charge in [-0.15, -0.1) is 0 Å². The monoisotopic (exact) mass is 256 g/mol. The van der Waals surface area contributed by atoms with Crippen LogP contribution in [0.2, 0.25) is 0 Å². The minimum Gasteiger partial charge on any atom is -0.389 e. The fourth-order valence-electron chi connectivity index (χ4n) is 1.75. The number of aliphatic hydroxyl groups is 1. The predicted octanol–water partition coefficient (Wildman–Crippen LogP) is 1.80. The molecule has 0 amide bonds. The van der Waals surface area contributed by atoms with E-state index < -0.39 is 15.4 Å². The molecule has 1 aromatic carbocycles. The number of aryl methyl sites for hydroxylation is 1. The Bertz CT molecular complexity index is 429. The highest BCUT2D eigenvalue weighted by molar-refractivity contribution is 7.91. The molecule has 1 aromatic rings. The van der Waals surface area contributed by atoms with E-state index in [1.54, 1.807) is 0 Å². The maximum absolute atomic E-state index is 11.7. The molecule has 0 unspecified atom stereocenters. The first kappa shape index (κ1) is 14.2. The van der Waals surface area contributed by atoms with Crippen LogP contribution in [0.4, 0.5) is 0 Å². The molecule has 17 heavy (non-hydrogen) atoms. The molecule has 0 fully saturated rings. The summed E-state index contributed by atoms with van der Waals surface area (Å²) in [5, 5.41) is 9.49. The van der Waals surface area contributed by atoms with Gasteiger partial charge in [0.25, 0.3) is 0 Å². The summed E-state index contributed by atoms with van der Waals surface area (Å²) < 4.78 is 23.4. The lowest BCUT2D eigenvalue weighted by Gasteiger charge is -2.16. The highest BCUT2D eigenvalue weighted by Crippen LogP contribution is 2.09. The molecule has 3 nitrogen and oxygen atoms in total. The maximum Gasteiger partial charge on any atom is 0.153 e. The summed E-state index contributed by atoms with van der Waals surface area (Å²) in [6.07, 6.45) is 1.36. The first-order valence-electron chi connectivity index (χ1n) is 5.75. The van der Waals surface area contributed by atoms with Gasteiger partial charge in [-0.1, -0.05) is 30.3 Å². The molecular weight excluding hydrogens is 236 g/mol. The van der Waals surface area contributed by atoms with Crippen molar-refractivity contribution >= 4 is 9.84 Å². The summed E-state index contributed by atoms with van der Waals surface area (Å²) in [6.45, 7) is 3.03. The summed E-state index contributed by atoms with van der Waals surface area (Å²) in [5.41, 5.74) is -0.00284. The van der Waals surface area contributed by atoms with Crippen LogP contribution in [0.15, 0.2) is 30.3 Å². The summed E-state index contributed by atoms with van der Waals surface area (Å²) >= 11 is 0. The van der Waals surface area contributed by atoms with Gasteiger partial charge >= 0.3 is 0 Å². The quantitative estimate of drug-likeness (QED) is 0.844. The Balaban J connectivity index is 2.41. The van der Waals surface area contributed by atoms with Crippen LogP contribution in [0, 0.1) is 0 Å². The van der Waals surface area contributed by atoms with E-state index in [4.69, 9.17) is 0 Å². The molecule has 0 bridgehead atoms. The normalized spacial score (nSPS) is 12.6. The highest BCUT2D eigenvalue weighted by atomic mass is 32.2. The van der Waals surface area contributed by atoms with Crippen molar-refractivity contribution in [3.05, 3.63) is 35.9 Å². The van der Waals surface area contributed by atoms with Crippen LogP contribution in [-0.4, -0.2) is 30.6 Å². The molecule has 0 radical (unpaired) electrons. The molecule has 0 aliphatic heterocycles. The number of hydrogen-bond acceptors (Lipinski definition) is 3. The molecule has 0 aliphatic carbocycles. The van der Waals surface area contributed by atoms with Gasteiger partial charge in [-0.3, -0.25) is 0 Å². The van der Waals surface area contributed by atoms with E-state index >= 15 is 0 Å². The predicted molar refractivity (Wildman–Crippen MR) is 69.7 cm³/mol. The van der Waals surface area contributed by atoms with Crippen LogP contribution in [0.5, 0.6) is 0 Å². The van der Waals surface area contributed by atoms with E-state index in [0.29, 0.717) is 6.42 Å². The van der Waals surface area contributed by atoms with Gasteiger partial charge in [0.05, 0.1) is 17.1 Å². The van der Waals surface area contributed by atoms with Crippen molar-refractivity contribution in [1.82, 2.24) is 0 Å². The minimum absolute atomic E-state index is 0.131. The molecule has 0 spiro atoms. The van der Waals surface area contributed by atoms with Crippen LogP contribution in [0.3, 0.4) is 0 Å². The lowest BCUT2D eigenvalue weighted by molar-refractivity contribution is 0.105. The summed E-state index contributed by atoms with van der Waals surface area (Å²) in [5.74, 6) is -0.0410. The van der Waals surface area contributed by atoms with Crippen molar-refractivity contribution < 1.29 is 13.5 Å². The number of sulfone groups is 1. The van der Waals surface area contributed by atoms with E-state index in [1.807, 2.05) is 30.3 Å². The second-order valence-corrected chi connectivity index (χ2v) is 7.18. The molecule has 0 heterocycles. The van der Waals surface area contributed by atoms with Crippen LogP contribution in [0.25, 0.3) is 0 Å². The SMILES string of the molecule is CC(C)(O)CS(=O)(=O)CCCc1ccccc1. The van der Waals surface area contributed by atoms with Crippen molar-refractivity contribution in [2.45, 2.75) is 32.3 Å². The Morgan fingerprint density at radius 3 is 2.29 bits per heavy atom. The number of hydrogen-bond donors (Lipinski definition) is 1. The van der Waals surface area contributed by atoms with Crippen molar-refractivity contribution in [2.75, 3.05) is 11.5 Å². The Hall–Kier alpha value is -0.870. The molecule has 0 aliphatic rings. The van der Waals surface area contributed by atoms with Crippen LogP contribution >= 0.6 is 0 Å². The second-order valence-electron chi connectivity index (χ2n) is 4.99. The van der Waals surface area contributed by atoms with E-state index in [1.165, 1.54) is 13.8 Å². The van der Waals surface area contributed by atoms with E-state index in [0.717, 1.165) is 12.0 Å². The first-order valence-corrected chi connectivity index (χ1v) is 7.57. The van der Waals surface area contributed by atoms with Gasteiger partial charge in [0.15, 0.2) is 9.84 Å². The van der Waals surface area contributed by atoms with E-state index in [-0.39, 0.29) is 11.5 Å². The molecule has 0 saturated carbocycles. The average Bonchev–Trinajstić information content (AvgIpc) is 2.15. The Labute approximate surface area is 103 Å². The van der Waals surface area contributed by atoms with E-state index in [9.17, 15) is 13.5 Å². The zero-order chi connectivity index (χ0) is 12.9. The smallest absolute Gasteiger partial charge is 0.153 e. The summed E-state index contributed by atoms with van der Waals surface area (Å²) in [7, 11) is -3.16. The fourth-order valence-corrected chi connectivity index (χ4v) is 3.56. The number of rotatable bonds is 6. The topological polar surface area (TPSA) is 54.4 Å². The minimum atomic E-state index is -3.16. The third-order valence-electron chi connectivity index (χ3n) is 2.34. The van der Waals surface area contributed by atoms with Gasteiger partial charge in [0.1, 0.15) is 0 Å². The molecule has 0 atom stereocenters. The highest BCUT2D eigenvalue weighted by Gasteiger charge is 2.22. The molecule has 4 heteroatoms. The van der Waals surface area contributed by atoms with Gasteiger partial charge in [-0.05, 0) is 32.3 Å². The summed E-state index contributed by atoms with van der Waals surface area (Å²) in [4.78, 5) is 0. The average molecular weight is 256 g/mol. The first-order chi connectivity index (χ1) is 7.79. The van der Waals surface area contributed by atoms with Crippen LogP contribution < -0.4 is 0 Å². The Morgan fingerprint density at radius 2 is 1.76 bits per heavy atom. The van der Waals surface area contributed by atoms with Crippen molar-refractivity contribution in [3.63, 3.8) is 0 Å². The van der Waals surface area contributed by atoms with Gasteiger partial charge in [0, 0.05) is 0 Å². The lowest BCUT2D eigenvalue weighted by atomic mass is 10.1. The third kappa shape index (κ3) is 6.44. The Morgan fingerprint density at radius 1 is 1.18 bits per heavy atom. The summed E-state index contributed by atoms with van der Waals surface area (Å²) in [6, 6.07) is 9.81. The standard InChI is InChI=1S/C13H20O3S/c1-13(2,14)11-17(15,16)10-6-9-12-7-4-3-5-8-12/h3-5,7-8,14H,6,9-11H2,1-2H3. The van der Waals surface area contributed by atoms with Crippen LogP contribution in [-0.2, 0) is 16.3 Å². The van der Waals surface area contributed by atoms with E-state index in [2.05, 4.69) is 0 Å². The largest absolute Gasteiger partial charge is 0.389 e. The fraction of sp³-hybridized carbons (Fsp3) is 0.538. The van der Waals surface area contributed by atoms with Gasteiger partial charge in [-0.25, -0.2) is 8.42 Å². The van der Waals surface area contributed by atoms with Gasteiger partial charge in [0.2, 0.25) is 0 Å². The second kappa shape index (κ2) is 5.65. The van der Waals surface area contributed by atoms with Crippen LogP contribution in [0.1, 0.15) is 25.8 Å².